The fourth-order valence-corrected chi connectivity index (χ4v) is 4.23. The molecule has 0 spiro atoms. The minimum absolute atomic E-state index is 0.00664. The minimum atomic E-state index is 0.00664. The van der Waals surface area contributed by atoms with Gasteiger partial charge < -0.3 is 15.1 Å². The van der Waals surface area contributed by atoms with Crippen LogP contribution in [0.15, 0.2) is 48.5 Å². The zero-order valence-corrected chi connectivity index (χ0v) is 17.2. The molecular formula is C24H29N3O2. The molecule has 1 aliphatic carbocycles. The van der Waals surface area contributed by atoms with Crippen molar-refractivity contribution in [1.29, 1.82) is 0 Å². The van der Waals surface area contributed by atoms with Gasteiger partial charge in [0.1, 0.15) is 0 Å². The Bertz CT molecular complexity index is 888. The van der Waals surface area contributed by atoms with Crippen LogP contribution in [0.3, 0.4) is 0 Å². The Morgan fingerprint density at radius 3 is 2.41 bits per heavy atom. The lowest BCUT2D eigenvalue weighted by Crippen LogP contribution is -2.36. The first kappa shape index (κ1) is 19.5. The minimum Gasteiger partial charge on any atom is -0.377 e. The molecule has 29 heavy (non-hydrogen) atoms. The van der Waals surface area contributed by atoms with Crippen LogP contribution in [0, 0.1) is 5.92 Å². The number of benzene rings is 2. The molecule has 1 heterocycles. The molecule has 2 aromatic carbocycles. The van der Waals surface area contributed by atoms with Crippen molar-refractivity contribution in [2.24, 2.45) is 5.92 Å². The van der Waals surface area contributed by atoms with Gasteiger partial charge in [0.25, 0.3) is 5.91 Å². The quantitative estimate of drug-likeness (QED) is 0.834. The molecule has 4 rings (SSSR count). The van der Waals surface area contributed by atoms with Crippen LogP contribution in [-0.4, -0.2) is 43.9 Å². The highest BCUT2D eigenvalue weighted by atomic mass is 16.2. The second-order valence-electron chi connectivity index (χ2n) is 8.33. The predicted molar refractivity (Wildman–Crippen MR) is 116 cm³/mol. The van der Waals surface area contributed by atoms with E-state index in [2.05, 4.69) is 17.4 Å². The lowest BCUT2D eigenvalue weighted by molar-refractivity contribution is -0.117. The number of anilines is 2. The van der Waals surface area contributed by atoms with Gasteiger partial charge in [0.05, 0.1) is 5.56 Å². The van der Waals surface area contributed by atoms with Crippen LogP contribution in [0.2, 0.25) is 0 Å². The highest BCUT2D eigenvalue weighted by Crippen LogP contribution is 2.48. The second-order valence-corrected chi connectivity index (χ2v) is 8.33. The van der Waals surface area contributed by atoms with Crippen molar-refractivity contribution in [3.63, 3.8) is 0 Å². The average Bonchev–Trinajstić information content (AvgIpc) is 3.55. The van der Waals surface area contributed by atoms with E-state index in [0.29, 0.717) is 17.2 Å². The maximum Gasteiger partial charge on any atom is 0.256 e. The van der Waals surface area contributed by atoms with Gasteiger partial charge in [-0.3, -0.25) is 9.59 Å². The lowest BCUT2D eigenvalue weighted by atomic mass is 10.1. The molecule has 152 valence electrons. The largest absolute Gasteiger partial charge is 0.377 e. The molecule has 1 aliphatic heterocycles. The zero-order chi connectivity index (χ0) is 20.4. The van der Waals surface area contributed by atoms with Crippen LogP contribution >= 0.6 is 0 Å². The third kappa shape index (κ3) is 4.29. The van der Waals surface area contributed by atoms with Crippen molar-refractivity contribution in [3.05, 3.63) is 59.7 Å². The molecule has 5 heteroatoms. The third-order valence-electron chi connectivity index (χ3n) is 5.97. The third-order valence-corrected chi connectivity index (χ3v) is 5.97. The number of nitrogens with one attached hydrogen (secondary N) is 1. The maximum absolute atomic E-state index is 13.1. The second kappa shape index (κ2) is 8.27. The molecule has 0 radical (unpaired) electrons. The number of carbonyl (C=O) groups excluding carboxylic acids is 2. The van der Waals surface area contributed by atoms with Gasteiger partial charge in [-0.1, -0.05) is 30.3 Å². The topological polar surface area (TPSA) is 52.7 Å². The predicted octanol–water partition coefficient (Wildman–Crippen LogP) is 4.12. The van der Waals surface area contributed by atoms with Gasteiger partial charge in [0.15, 0.2) is 0 Å². The summed E-state index contributed by atoms with van der Waals surface area (Å²) in [4.78, 5) is 29.8. The van der Waals surface area contributed by atoms with E-state index in [1.165, 1.54) is 12.0 Å². The van der Waals surface area contributed by atoms with Gasteiger partial charge in [-0.15, -0.1) is 0 Å². The molecule has 2 atom stereocenters. The van der Waals surface area contributed by atoms with Gasteiger partial charge in [-0.05, 0) is 55.4 Å². The highest BCUT2D eigenvalue weighted by Gasteiger charge is 2.43. The van der Waals surface area contributed by atoms with Crippen LogP contribution in [0.25, 0.3) is 0 Å². The number of likely N-dealkylation sites (tertiary alicyclic amines) is 1. The number of amides is 2. The summed E-state index contributed by atoms with van der Waals surface area (Å²) in [7, 11) is 3.88. The summed E-state index contributed by atoms with van der Waals surface area (Å²) in [5, 5.41) is 3.04. The molecule has 1 saturated carbocycles. The molecule has 2 unspecified atom stereocenters. The Labute approximate surface area is 172 Å². The molecule has 2 aliphatic rings. The van der Waals surface area contributed by atoms with Crippen LogP contribution < -0.4 is 10.2 Å². The van der Waals surface area contributed by atoms with E-state index in [1.54, 1.807) is 0 Å². The summed E-state index contributed by atoms with van der Waals surface area (Å²) >= 11 is 0. The summed E-state index contributed by atoms with van der Waals surface area (Å²) in [5.41, 5.74) is 3.45. The van der Waals surface area contributed by atoms with E-state index in [0.717, 1.165) is 38.0 Å². The summed E-state index contributed by atoms with van der Waals surface area (Å²) in [6, 6.07) is 15.8. The van der Waals surface area contributed by atoms with Crippen LogP contribution in [0.5, 0.6) is 0 Å². The van der Waals surface area contributed by atoms with E-state index in [1.807, 2.05) is 60.3 Å². The smallest absolute Gasteiger partial charge is 0.256 e. The lowest BCUT2D eigenvalue weighted by Gasteiger charge is -2.28. The zero-order valence-electron chi connectivity index (χ0n) is 17.2. The first-order chi connectivity index (χ1) is 14.0. The van der Waals surface area contributed by atoms with E-state index in [-0.39, 0.29) is 17.7 Å². The Hall–Kier alpha value is -2.82. The van der Waals surface area contributed by atoms with Crippen molar-refractivity contribution in [2.75, 3.05) is 37.4 Å². The number of rotatable bonds is 5. The van der Waals surface area contributed by atoms with Crippen molar-refractivity contribution < 1.29 is 9.59 Å². The molecule has 0 aromatic heterocycles. The van der Waals surface area contributed by atoms with Crippen LogP contribution in [0.1, 0.15) is 47.5 Å². The number of piperidine rings is 1. The number of hydrogen-bond donors (Lipinski definition) is 1. The highest BCUT2D eigenvalue weighted by molar-refractivity contribution is 6.02. The van der Waals surface area contributed by atoms with Crippen molar-refractivity contribution in [2.45, 2.75) is 31.6 Å². The summed E-state index contributed by atoms with van der Waals surface area (Å²) < 4.78 is 0. The van der Waals surface area contributed by atoms with E-state index in [9.17, 15) is 9.59 Å². The van der Waals surface area contributed by atoms with Gasteiger partial charge in [-0.25, -0.2) is 0 Å². The van der Waals surface area contributed by atoms with Crippen molar-refractivity contribution in [1.82, 2.24) is 4.90 Å². The maximum atomic E-state index is 13.1. The number of hydrogen-bond acceptors (Lipinski definition) is 3. The molecule has 0 bridgehead atoms. The number of nitrogens with zero attached hydrogens (tertiary/aromatic N) is 2. The van der Waals surface area contributed by atoms with Gasteiger partial charge in [0.2, 0.25) is 5.91 Å². The Morgan fingerprint density at radius 1 is 1.00 bits per heavy atom. The summed E-state index contributed by atoms with van der Waals surface area (Å²) in [6.45, 7) is 1.62. The van der Waals surface area contributed by atoms with Crippen LogP contribution in [-0.2, 0) is 4.79 Å². The van der Waals surface area contributed by atoms with Gasteiger partial charge in [-0.2, -0.15) is 0 Å². The Morgan fingerprint density at radius 2 is 1.72 bits per heavy atom. The average molecular weight is 392 g/mol. The molecule has 2 aromatic rings. The molecule has 1 saturated heterocycles. The molecule has 2 fully saturated rings. The van der Waals surface area contributed by atoms with Gasteiger partial charge in [0, 0.05) is 44.5 Å². The van der Waals surface area contributed by atoms with Crippen molar-refractivity contribution >= 4 is 23.2 Å². The fourth-order valence-electron chi connectivity index (χ4n) is 4.23. The SMILES string of the molecule is CN(C)c1ccc(NC(=O)C2CC2c2ccccc2)cc1C(=O)N1CCCCC1. The van der Waals surface area contributed by atoms with Crippen molar-refractivity contribution in [3.8, 4) is 0 Å². The monoisotopic (exact) mass is 391 g/mol. The normalized spacial score (nSPS) is 20.8. The summed E-state index contributed by atoms with van der Waals surface area (Å²) in [6.07, 6.45) is 4.18. The van der Waals surface area contributed by atoms with E-state index >= 15 is 0 Å². The van der Waals surface area contributed by atoms with E-state index < -0.39 is 0 Å². The first-order valence-corrected chi connectivity index (χ1v) is 10.5. The molecule has 2 amide bonds. The van der Waals surface area contributed by atoms with Gasteiger partial charge >= 0.3 is 0 Å². The molecule has 5 nitrogen and oxygen atoms in total. The summed E-state index contributed by atoms with van der Waals surface area (Å²) in [5.74, 6) is 0.393. The molecular weight excluding hydrogens is 362 g/mol. The Balaban J connectivity index is 1.49. The number of carbonyl (C=O) groups is 2. The first-order valence-electron chi connectivity index (χ1n) is 10.5. The molecule has 1 N–H and O–H groups in total. The fraction of sp³-hybridized carbons (Fsp3) is 0.417. The van der Waals surface area contributed by atoms with Crippen LogP contribution in [0.4, 0.5) is 11.4 Å². The van der Waals surface area contributed by atoms with E-state index in [4.69, 9.17) is 0 Å². The standard InChI is InChI=1S/C24H29N3O2/c1-26(2)22-12-11-18(15-21(22)24(29)27-13-7-4-8-14-27)25-23(28)20-16-19(20)17-9-5-3-6-10-17/h3,5-6,9-12,15,19-20H,4,7-8,13-14,16H2,1-2H3,(H,25,28). The Kier molecular flexibility index (Phi) is 5.56.